The van der Waals surface area contributed by atoms with Crippen molar-refractivity contribution in [2.75, 3.05) is 0 Å². The van der Waals surface area contributed by atoms with E-state index in [-0.39, 0.29) is 16.4 Å². The van der Waals surface area contributed by atoms with E-state index in [1.54, 1.807) is 19.1 Å². The molecule has 2 aromatic rings. The van der Waals surface area contributed by atoms with Crippen LogP contribution in [0.1, 0.15) is 42.9 Å². The van der Waals surface area contributed by atoms with Crippen LogP contribution in [0.2, 0.25) is 0 Å². The van der Waals surface area contributed by atoms with Gasteiger partial charge in [0.2, 0.25) is 0 Å². The average Bonchev–Trinajstić information content (AvgIpc) is 2.61. The third-order valence-corrected chi connectivity index (χ3v) is 5.29. The molecular weight excluding hydrogens is 379 g/mol. The molecule has 27 heavy (non-hydrogen) atoms. The Morgan fingerprint density at radius 1 is 1.07 bits per heavy atom. The first kappa shape index (κ1) is 21.0. The molecule has 0 bridgehead atoms. The lowest BCUT2D eigenvalue weighted by molar-refractivity contribution is -0.0597. The second-order valence-electron chi connectivity index (χ2n) is 6.21. The second kappa shape index (κ2) is 8.12. The molecule has 8 heteroatoms. The second-order valence-corrected chi connectivity index (χ2v) is 7.74. The summed E-state index contributed by atoms with van der Waals surface area (Å²) >= 11 is 0. The van der Waals surface area contributed by atoms with Crippen molar-refractivity contribution in [2.24, 2.45) is 5.16 Å². The van der Waals surface area contributed by atoms with Gasteiger partial charge in [-0.2, -0.15) is 21.6 Å². The molecule has 0 radical (unpaired) electrons. The maximum absolute atomic E-state index is 13.4. The Morgan fingerprint density at radius 2 is 1.63 bits per heavy atom. The van der Waals surface area contributed by atoms with E-state index in [0.717, 1.165) is 17.5 Å². The molecule has 0 heterocycles. The van der Waals surface area contributed by atoms with E-state index in [9.17, 15) is 21.6 Å². The third-order valence-electron chi connectivity index (χ3n) is 4.17. The zero-order chi connectivity index (χ0) is 20.2. The summed E-state index contributed by atoms with van der Waals surface area (Å²) in [7, 11) is -4.45. The van der Waals surface area contributed by atoms with E-state index in [1.807, 2.05) is 13.8 Å². The van der Waals surface area contributed by atoms with Gasteiger partial charge in [0, 0.05) is 5.56 Å². The van der Waals surface area contributed by atoms with Crippen LogP contribution in [0, 0.1) is 6.92 Å². The lowest BCUT2D eigenvalue weighted by Crippen LogP contribution is -2.25. The predicted octanol–water partition coefficient (Wildman–Crippen LogP) is 5.18. The largest absolute Gasteiger partial charge is 0.437 e. The van der Waals surface area contributed by atoms with Crippen LogP contribution in [0.25, 0.3) is 0 Å². The Kier molecular flexibility index (Phi) is 6.30. The van der Waals surface area contributed by atoms with Crippen molar-refractivity contribution >= 4 is 15.8 Å². The fraction of sp³-hybridized carbons (Fsp3) is 0.316. The molecule has 0 aliphatic rings. The highest BCUT2D eigenvalue weighted by Crippen LogP contribution is 2.26. The van der Waals surface area contributed by atoms with Gasteiger partial charge in [0.25, 0.3) is 0 Å². The first-order valence-corrected chi connectivity index (χ1v) is 9.71. The van der Waals surface area contributed by atoms with E-state index >= 15 is 0 Å². The van der Waals surface area contributed by atoms with E-state index in [0.29, 0.717) is 0 Å². The quantitative estimate of drug-likeness (QED) is 0.497. The van der Waals surface area contributed by atoms with Crippen LogP contribution in [0.4, 0.5) is 13.2 Å². The van der Waals surface area contributed by atoms with E-state index in [4.69, 9.17) is 0 Å². The van der Waals surface area contributed by atoms with Crippen molar-refractivity contribution in [3.8, 4) is 0 Å². The smallest absolute Gasteiger partial charge is 0.264 e. The molecule has 2 rings (SSSR count). The highest BCUT2D eigenvalue weighted by atomic mass is 32.2. The molecular formula is C19H20F3NO3S. The highest BCUT2D eigenvalue weighted by Gasteiger charge is 2.38. The number of hydrogen-bond acceptors (Lipinski definition) is 4. The predicted molar refractivity (Wildman–Crippen MR) is 97.2 cm³/mol. The van der Waals surface area contributed by atoms with Gasteiger partial charge in [-0.05, 0) is 37.0 Å². The molecule has 4 nitrogen and oxygen atoms in total. The summed E-state index contributed by atoms with van der Waals surface area (Å²) in [6.07, 6.45) is -4.03. The topological polar surface area (TPSA) is 55.7 Å². The minimum atomic E-state index is -4.87. The molecule has 0 aliphatic carbocycles. The zero-order valence-electron chi connectivity index (χ0n) is 15.1. The molecule has 0 fully saturated rings. The molecule has 0 aliphatic heterocycles. The number of oxime groups is 1. The molecule has 0 spiro atoms. The maximum Gasteiger partial charge on any atom is 0.437 e. The lowest BCUT2D eigenvalue weighted by Gasteiger charge is -2.13. The Morgan fingerprint density at radius 3 is 2.11 bits per heavy atom. The molecule has 0 saturated heterocycles. The van der Waals surface area contributed by atoms with Crippen LogP contribution in [-0.4, -0.2) is 20.3 Å². The van der Waals surface area contributed by atoms with E-state index in [1.165, 1.54) is 36.4 Å². The number of halogens is 3. The van der Waals surface area contributed by atoms with Crippen LogP contribution < -0.4 is 0 Å². The highest BCUT2D eigenvalue weighted by molar-refractivity contribution is 7.86. The summed E-state index contributed by atoms with van der Waals surface area (Å²) in [5.74, 6) is 0.198. The monoisotopic (exact) mass is 399 g/mol. The van der Waals surface area contributed by atoms with Crippen molar-refractivity contribution in [2.45, 2.75) is 44.2 Å². The van der Waals surface area contributed by atoms with Crippen LogP contribution in [0.5, 0.6) is 0 Å². The summed E-state index contributed by atoms with van der Waals surface area (Å²) < 4.78 is 68.6. The number of nitrogens with zero attached hydrogens (tertiary/aromatic N) is 1. The number of alkyl halides is 3. The van der Waals surface area contributed by atoms with E-state index in [2.05, 4.69) is 9.44 Å². The maximum atomic E-state index is 13.4. The van der Waals surface area contributed by atoms with Gasteiger partial charge in [-0.3, -0.25) is 4.28 Å². The van der Waals surface area contributed by atoms with Crippen molar-refractivity contribution in [3.05, 3.63) is 65.2 Å². The third kappa shape index (κ3) is 5.32. The number of hydrogen-bond donors (Lipinski definition) is 0. The van der Waals surface area contributed by atoms with Crippen LogP contribution in [-0.2, 0) is 14.4 Å². The van der Waals surface area contributed by atoms with Gasteiger partial charge in [0.1, 0.15) is 4.90 Å². The van der Waals surface area contributed by atoms with Crippen molar-refractivity contribution in [3.63, 3.8) is 0 Å². The van der Waals surface area contributed by atoms with Crippen LogP contribution in [0.15, 0.2) is 58.6 Å². The number of benzene rings is 2. The van der Waals surface area contributed by atoms with Gasteiger partial charge in [0.15, 0.2) is 5.71 Å². The van der Waals surface area contributed by atoms with Gasteiger partial charge < -0.3 is 0 Å². The molecule has 0 aromatic heterocycles. The summed E-state index contributed by atoms with van der Waals surface area (Å²) in [6, 6.07) is 11.2. The molecule has 1 unspecified atom stereocenters. The molecule has 0 saturated carbocycles. The van der Waals surface area contributed by atoms with Crippen LogP contribution in [0.3, 0.4) is 0 Å². The first-order valence-electron chi connectivity index (χ1n) is 8.30. The van der Waals surface area contributed by atoms with Crippen molar-refractivity contribution < 1.29 is 25.9 Å². The fourth-order valence-corrected chi connectivity index (χ4v) is 3.04. The minimum absolute atomic E-state index is 0.198. The SMILES string of the molecule is CCC(C)c1ccc(/C(=N\OS(=O)(=O)c2ccc(C)cc2)C(F)(F)F)cc1. The molecule has 0 N–H and O–H groups in total. The number of aryl methyl sites for hydroxylation is 1. The minimum Gasteiger partial charge on any atom is -0.264 e. The average molecular weight is 399 g/mol. The standard InChI is InChI=1S/C19H20F3NO3S/c1-4-14(3)15-7-9-16(10-8-15)18(19(20,21)22)23-26-27(24,25)17-11-5-13(2)6-12-17/h5-12,14H,4H2,1-3H3/b23-18+. The van der Waals surface area contributed by atoms with E-state index < -0.39 is 22.0 Å². The van der Waals surface area contributed by atoms with Gasteiger partial charge >= 0.3 is 16.3 Å². The van der Waals surface area contributed by atoms with Crippen molar-refractivity contribution in [1.82, 2.24) is 0 Å². The van der Waals surface area contributed by atoms with Crippen LogP contribution >= 0.6 is 0 Å². The number of rotatable bonds is 6. The summed E-state index contributed by atoms with van der Waals surface area (Å²) in [6.45, 7) is 5.69. The molecule has 146 valence electrons. The normalized spacial score (nSPS) is 14.1. The molecule has 0 amide bonds. The van der Waals surface area contributed by atoms with Gasteiger partial charge in [-0.25, -0.2) is 0 Å². The van der Waals surface area contributed by atoms with Gasteiger partial charge in [-0.1, -0.05) is 61.0 Å². The summed E-state index contributed by atoms with van der Waals surface area (Å²) in [5, 5.41) is 2.93. The Hall–Kier alpha value is -2.35. The Bertz CT molecular complexity index is 903. The summed E-state index contributed by atoms with van der Waals surface area (Å²) in [5.41, 5.74) is 0.00773. The fourth-order valence-electron chi connectivity index (χ4n) is 2.31. The Labute approximate surface area is 156 Å². The molecule has 1 atom stereocenters. The van der Waals surface area contributed by atoms with Crippen molar-refractivity contribution in [1.29, 1.82) is 0 Å². The van der Waals surface area contributed by atoms with Gasteiger partial charge in [0.05, 0.1) is 0 Å². The molecule has 2 aromatic carbocycles. The zero-order valence-corrected chi connectivity index (χ0v) is 15.9. The summed E-state index contributed by atoms with van der Waals surface area (Å²) in [4.78, 5) is -0.273. The lowest BCUT2D eigenvalue weighted by atomic mass is 9.97. The Balaban J connectivity index is 2.35. The first-order chi connectivity index (χ1) is 12.5. The van der Waals surface area contributed by atoms with Gasteiger partial charge in [-0.15, -0.1) is 0 Å².